The van der Waals surface area contributed by atoms with E-state index < -0.39 is 35.7 Å². The first-order valence-corrected chi connectivity index (χ1v) is 14.7. The minimum atomic E-state index is -1.51. The Morgan fingerprint density at radius 1 is 1.15 bits per heavy atom. The number of carbonyl (C=O) groups is 1. The zero-order valence-electron chi connectivity index (χ0n) is 22.9. The van der Waals surface area contributed by atoms with E-state index in [0.717, 1.165) is 18.4 Å². The predicted octanol–water partition coefficient (Wildman–Crippen LogP) is 3.53. The van der Waals surface area contributed by atoms with Crippen LogP contribution in [-0.2, 0) is 32.0 Å². The maximum atomic E-state index is 13.5. The zero-order valence-corrected chi connectivity index (χ0v) is 23.7. The Kier molecular flexibility index (Phi) is 10.9. The molecule has 2 aliphatic rings. The van der Waals surface area contributed by atoms with Crippen LogP contribution in [0, 0.1) is 11.8 Å². The van der Waals surface area contributed by atoms with Gasteiger partial charge in [0.15, 0.2) is 11.2 Å². The van der Waals surface area contributed by atoms with Crippen LogP contribution < -0.4 is 10.1 Å². The highest BCUT2D eigenvalue weighted by molar-refractivity contribution is 7.89. The van der Waals surface area contributed by atoms with Crippen LogP contribution in [0.1, 0.15) is 32.3 Å². The number of hydrogen-bond donors (Lipinski definition) is 2. The average molecular weight is 561 g/mol. The van der Waals surface area contributed by atoms with E-state index in [2.05, 4.69) is 5.32 Å². The molecule has 4 rings (SSSR count). The summed E-state index contributed by atoms with van der Waals surface area (Å²) in [6.07, 6.45) is -0.188. The number of rotatable bonds is 12. The highest BCUT2D eigenvalue weighted by atomic mass is 32.2. The van der Waals surface area contributed by atoms with Gasteiger partial charge in [0.25, 0.3) is 0 Å². The number of aliphatic hydroxyl groups excluding tert-OH is 1. The van der Waals surface area contributed by atoms with Crippen molar-refractivity contribution >= 4 is 17.5 Å². The number of benzene rings is 2. The Morgan fingerprint density at radius 3 is 2.59 bits per heavy atom. The van der Waals surface area contributed by atoms with Crippen molar-refractivity contribution in [1.82, 2.24) is 9.62 Å². The van der Waals surface area contributed by atoms with Gasteiger partial charge < -0.3 is 33.9 Å². The molecule has 2 aromatic rings. The molecule has 0 aliphatic carbocycles. The molecule has 1 amide bonds. The number of carbonyl (C=O) groups excluding carboxylic acids is 1. The van der Waals surface area contributed by atoms with Crippen molar-refractivity contribution in [2.24, 2.45) is 11.8 Å². The molecule has 0 bridgehead atoms. The first-order valence-electron chi connectivity index (χ1n) is 13.6. The first kappa shape index (κ1) is 29.6. The van der Waals surface area contributed by atoms with Gasteiger partial charge in [0.1, 0.15) is 11.9 Å². The molecular formula is C29H40N2O7S. The van der Waals surface area contributed by atoms with E-state index in [9.17, 15) is 14.5 Å². The van der Waals surface area contributed by atoms with E-state index in [4.69, 9.17) is 18.9 Å². The van der Waals surface area contributed by atoms with E-state index >= 15 is 0 Å². The topological polar surface area (TPSA) is 113 Å². The van der Waals surface area contributed by atoms with Crippen molar-refractivity contribution in [1.29, 1.82) is 0 Å². The van der Waals surface area contributed by atoms with E-state index in [1.165, 1.54) is 0 Å². The third-order valence-electron chi connectivity index (χ3n) is 7.00. The zero-order chi connectivity index (χ0) is 27.8. The van der Waals surface area contributed by atoms with Gasteiger partial charge in [-0.2, -0.15) is 0 Å². The van der Waals surface area contributed by atoms with Gasteiger partial charge in [0, 0.05) is 19.1 Å². The lowest BCUT2D eigenvalue weighted by Crippen LogP contribution is -2.51. The van der Waals surface area contributed by atoms with Gasteiger partial charge in [0.2, 0.25) is 0 Å². The largest absolute Gasteiger partial charge is 0.593 e. The number of nitrogens with one attached hydrogen (secondary N) is 1. The van der Waals surface area contributed by atoms with Crippen LogP contribution in [0.15, 0.2) is 59.5 Å². The highest BCUT2D eigenvalue weighted by Crippen LogP contribution is 2.32. The van der Waals surface area contributed by atoms with Crippen molar-refractivity contribution in [3.05, 3.63) is 60.2 Å². The molecule has 9 nitrogen and oxygen atoms in total. The molecule has 0 saturated carbocycles. The van der Waals surface area contributed by atoms with Gasteiger partial charge >= 0.3 is 6.09 Å². The van der Waals surface area contributed by atoms with Crippen molar-refractivity contribution in [3.63, 3.8) is 0 Å². The Labute approximate surface area is 234 Å². The number of alkyl carbamates (subject to hydrolysis) is 1. The molecular weight excluding hydrogens is 520 g/mol. The summed E-state index contributed by atoms with van der Waals surface area (Å²) in [7, 11) is 1.58. The third-order valence-corrected chi connectivity index (χ3v) is 8.44. The third kappa shape index (κ3) is 8.33. The van der Waals surface area contributed by atoms with Crippen LogP contribution in [0.25, 0.3) is 0 Å². The maximum absolute atomic E-state index is 13.5. The van der Waals surface area contributed by atoms with Crippen molar-refractivity contribution < 1.29 is 33.4 Å². The standard InChI is InChI=1S/C29H40N2O7S/c1-20(2)17-31(39(34)23-13-11-22(35-3)12-14-23)18-26(32)25(16-21-8-5-4-6-9-21)30-29(33)38-27-19-37-28-24(27)10-7-15-36-28/h4-6,8-9,11-14,20,24-28,32H,7,10,15-19H2,1-3H3,(H,30,33)/t24-,25+,26-,27-,28+,39?/m1/s1. The number of amides is 1. The molecule has 1 unspecified atom stereocenters. The van der Waals surface area contributed by atoms with Crippen molar-refractivity contribution in [2.45, 2.75) is 62.5 Å². The van der Waals surface area contributed by atoms with Crippen LogP contribution in [0.3, 0.4) is 0 Å². The normalized spacial score (nSPS) is 23.2. The van der Waals surface area contributed by atoms with Gasteiger partial charge in [-0.15, -0.1) is 4.31 Å². The number of aliphatic hydroxyl groups is 1. The Morgan fingerprint density at radius 2 is 1.90 bits per heavy atom. The number of nitrogens with zero attached hydrogens (tertiary/aromatic N) is 1. The first-order chi connectivity index (χ1) is 18.8. The monoisotopic (exact) mass is 560 g/mol. The summed E-state index contributed by atoms with van der Waals surface area (Å²) >= 11 is -1.51. The van der Waals surface area contributed by atoms with E-state index in [1.807, 2.05) is 44.2 Å². The van der Waals surface area contributed by atoms with Crippen molar-refractivity contribution in [2.75, 3.05) is 33.4 Å². The van der Waals surface area contributed by atoms with Gasteiger partial charge in [-0.3, -0.25) is 0 Å². The summed E-state index contributed by atoms with van der Waals surface area (Å²) in [5.74, 6) is 0.893. The minimum absolute atomic E-state index is 0.00967. The molecule has 0 radical (unpaired) electrons. The SMILES string of the molecule is COc1ccc([S+]([O-])N(CC(C)C)C[C@@H](O)[C@H](Cc2ccccc2)NC(=O)O[C@@H]2CO[C@@H]3OCCC[C@@H]32)cc1. The average Bonchev–Trinajstić information content (AvgIpc) is 3.34. The summed E-state index contributed by atoms with van der Waals surface area (Å²) in [5, 5.41) is 14.3. The number of hydrogen-bond acceptors (Lipinski definition) is 8. The Hall–Kier alpha value is -2.34. The van der Waals surface area contributed by atoms with Gasteiger partial charge in [-0.1, -0.05) is 44.2 Å². The lowest BCUT2D eigenvalue weighted by Gasteiger charge is -2.31. The lowest BCUT2D eigenvalue weighted by atomic mass is 9.97. The van der Waals surface area contributed by atoms with Crippen LogP contribution >= 0.6 is 0 Å². The van der Waals surface area contributed by atoms with Crippen LogP contribution in [0.2, 0.25) is 0 Å². The Balaban J connectivity index is 1.46. The second kappa shape index (κ2) is 14.3. The second-order valence-electron chi connectivity index (χ2n) is 10.5. The molecule has 0 spiro atoms. The molecule has 214 valence electrons. The molecule has 39 heavy (non-hydrogen) atoms. The number of methoxy groups -OCH3 is 1. The molecule has 2 saturated heterocycles. The van der Waals surface area contributed by atoms with Crippen molar-refractivity contribution in [3.8, 4) is 5.75 Å². The molecule has 0 aromatic heterocycles. The fourth-order valence-electron chi connectivity index (χ4n) is 5.01. The summed E-state index contributed by atoms with van der Waals surface area (Å²) < 4.78 is 37.6. The predicted molar refractivity (Wildman–Crippen MR) is 148 cm³/mol. The number of ether oxygens (including phenoxy) is 4. The van der Waals surface area contributed by atoms with Crippen LogP contribution in [-0.4, -0.2) is 78.0 Å². The molecule has 10 heteroatoms. The molecule has 2 heterocycles. The van der Waals surface area contributed by atoms with Crippen LogP contribution in [0.5, 0.6) is 5.75 Å². The fraction of sp³-hybridized carbons (Fsp3) is 0.552. The minimum Gasteiger partial charge on any atom is -0.593 e. The summed E-state index contributed by atoms with van der Waals surface area (Å²) in [6.45, 7) is 5.61. The maximum Gasteiger partial charge on any atom is 0.407 e. The molecule has 2 aromatic carbocycles. The second-order valence-corrected chi connectivity index (χ2v) is 12.0. The van der Waals surface area contributed by atoms with E-state index in [1.54, 1.807) is 35.7 Å². The highest BCUT2D eigenvalue weighted by Gasteiger charge is 2.42. The molecule has 2 aliphatic heterocycles. The van der Waals surface area contributed by atoms with Gasteiger partial charge in [-0.25, -0.2) is 4.79 Å². The molecule has 6 atom stereocenters. The lowest BCUT2D eigenvalue weighted by molar-refractivity contribution is -0.152. The van der Waals surface area contributed by atoms with E-state index in [0.29, 0.717) is 30.2 Å². The summed E-state index contributed by atoms with van der Waals surface area (Å²) in [6, 6.07) is 16.0. The quantitative estimate of drug-likeness (QED) is 0.379. The Bertz CT molecular complexity index is 1030. The van der Waals surface area contributed by atoms with Crippen LogP contribution in [0.4, 0.5) is 4.79 Å². The van der Waals surface area contributed by atoms with Gasteiger partial charge in [0.05, 0.1) is 43.8 Å². The van der Waals surface area contributed by atoms with E-state index in [-0.39, 0.29) is 31.3 Å². The molecule has 2 N–H and O–H groups in total. The summed E-state index contributed by atoms with van der Waals surface area (Å²) in [5.41, 5.74) is 0.957. The number of fused-ring (bicyclic) bond motifs is 1. The molecule has 2 fully saturated rings. The smallest absolute Gasteiger partial charge is 0.407 e. The summed E-state index contributed by atoms with van der Waals surface area (Å²) in [4.78, 5) is 13.6. The fourth-order valence-corrected chi connectivity index (χ4v) is 6.40. The van der Waals surface area contributed by atoms with Gasteiger partial charge in [-0.05, 0) is 55.0 Å².